The van der Waals surface area contributed by atoms with E-state index < -0.39 is 60.8 Å². The standard InChI is InChI=1S/C36H34O16/c1-45-27-9-5-19(13-23(27)37)33(41)49-17-31(51-35(43)21-7-11-29(47-3)25(39)15-21)32(52-36(44)22-8-12-30(48-4)26(40)16-22)18-50-34(42)20-6-10-28(46-2)24(38)14-20/h5-16,31-32,37-40H,17-18H2,1-4H3/t31-,32+. The zero-order valence-corrected chi connectivity index (χ0v) is 28.2. The molecule has 4 aromatic rings. The molecule has 0 saturated carbocycles. The Labute approximate surface area is 296 Å². The number of rotatable bonds is 15. The van der Waals surface area contributed by atoms with E-state index in [4.69, 9.17) is 37.9 Å². The maximum absolute atomic E-state index is 13.4. The van der Waals surface area contributed by atoms with Crippen molar-refractivity contribution in [3.8, 4) is 46.0 Å². The van der Waals surface area contributed by atoms with Crippen molar-refractivity contribution in [3.63, 3.8) is 0 Å². The minimum Gasteiger partial charge on any atom is -0.504 e. The van der Waals surface area contributed by atoms with E-state index in [1.54, 1.807) is 0 Å². The number of phenolic OH excluding ortho intramolecular Hbond substituents is 4. The van der Waals surface area contributed by atoms with Gasteiger partial charge in [-0.15, -0.1) is 0 Å². The van der Waals surface area contributed by atoms with Gasteiger partial charge in [0.15, 0.2) is 58.2 Å². The lowest BCUT2D eigenvalue weighted by molar-refractivity contribution is -0.0753. The molecule has 4 aromatic carbocycles. The number of ether oxygens (including phenoxy) is 8. The quantitative estimate of drug-likeness (QED) is 0.100. The first kappa shape index (κ1) is 38.0. The second kappa shape index (κ2) is 17.2. The molecular formula is C36H34O16. The number of phenols is 4. The van der Waals surface area contributed by atoms with Crippen LogP contribution in [-0.4, -0.2) is 98.2 Å². The molecule has 52 heavy (non-hydrogen) atoms. The van der Waals surface area contributed by atoms with E-state index in [1.807, 2.05) is 0 Å². The Morgan fingerprint density at radius 1 is 0.442 bits per heavy atom. The summed E-state index contributed by atoms with van der Waals surface area (Å²) in [6.07, 6.45) is -3.39. The molecule has 0 aromatic heterocycles. The second-order valence-electron chi connectivity index (χ2n) is 10.6. The molecule has 0 unspecified atom stereocenters. The fourth-order valence-electron chi connectivity index (χ4n) is 4.60. The van der Waals surface area contributed by atoms with Gasteiger partial charge < -0.3 is 58.3 Å². The monoisotopic (exact) mass is 722 g/mol. The van der Waals surface area contributed by atoms with Crippen LogP contribution < -0.4 is 18.9 Å². The zero-order chi connectivity index (χ0) is 37.9. The van der Waals surface area contributed by atoms with E-state index in [-0.39, 0.29) is 56.8 Å². The zero-order valence-electron chi connectivity index (χ0n) is 28.2. The average molecular weight is 723 g/mol. The number of benzene rings is 4. The molecule has 0 heterocycles. The van der Waals surface area contributed by atoms with Gasteiger partial charge in [0.1, 0.15) is 13.2 Å². The normalized spacial score (nSPS) is 11.7. The van der Waals surface area contributed by atoms with Crippen LogP contribution in [0.3, 0.4) is 0 Å². The van der Waals surface area contributed by atoms with Crippen LogP contribution in [0.25, 0.3) is 0 Å². The third-order valence-corrected chi connectivity index (χ3v) is 7.35. The molecule has 0 aliphatic rings. The van der Waals surface area contributed by atoms with Gasteiger partial charge in [-0.25, -0.2) is 19.2 Å². The highest BCUT2D eigenvalue weighted by molar-refractivity contribution is 5.92. The molecule has 0 saturated heterocycles. The summed E-state index contributed by atoms with van der Waals surface area (Å²) in [4.78, 5) is 52.8. The maximum atomic E-state index is 13.4. The van der Waals surface area contributed by atoms with E-state index in [1.165, 1.54) is 77.0 Å². The SMILES string of the molecule is COc1ccc(C(=O)OC[C@H](OC(=O)c2ccc(OC)c(O)c2)[C@@H](COC(=O)c2ccc(OC)c(O)c2)OC(=O)c2ccc(OC)c(O)c2)cc1O. The van der Waals surface area contributed by atoms with Crippen molar-refractivity contribution in [1.29, 1.82) is 0 Å². The highest BCUT2D eigenvalue weighted by Crippen LogP contribution is 2.30. The summed E-state index contributed by atoms with van der Waals surface area (Å²) in [6.45, 7) is -1.60. The molecule has 4 N–H and O–H groups in total. The Kier molecular flexibility index (Phi) is 12.6. The Morgan fingerprint density at radius 3 is 0.923 bits per heavy atom. The van der Waals surface area contributed by atoms with Gasteiger partial charge in [-0.05, 0) is 72.8 Å². The Balaban J connectivity index is 1.68. The highest BCUT2D eigenvalue weighted by atomic mass is 16.6. The smallest absolute Gasteiger partial charge is 0.338 e. The number of esters is 4. The minimum atomic E-state index is -1.69. The Hall–Kier alpha value is -6.84. The van der Waals surface area contributed by atoms with E-state index in [9.17, 15) is 39.6 Å². The van der Waals surface area contributed by atoms with Gasteiger partial charge in [-0.3, -0.25) is 0 Å². The molecule has 0 fully saturated rings. The van der Waals surface area contributed by atoms with Crippen molar-refractivity contribution in [3.05, 3.63) is 95.1 Å². The van der Waals surface area contributed by atoms with Crippen molar-refractivity contribution in [2.45, 2.75) is 12.2 Å². The second-order valence-corrected chi connectivity index (χ2v) is 10.6. The van der Waals surface area contributed by atoms with Gasteiger partial charge >= 0.3 is 23.9 Å². The molecule has 0 aliphatic carbocycles. The number of aromatic hydroxyl groups is 4. The van der Waals surface area contributed by atoms with E-state index in [0.29, 0.717) is 0 Å². The summed E-state index contributed by atoms with van der Waals surface area (Å²) in [7, 11) is 5.23. The molecular weight excluding hydrogens is 688 g/mol. The molecule has 274 valence electrons. The summed E-state index contributed by atoms with van der Waals surface area (Å²) in [6, 6.07) is 14.5. The molecule has 16 heteroatoms. The van der Waals surface area contributed by atoms with Crippen LogP contribution in [0.4, 0.5) is 0 Å². The van der Waals surface area contributed by atoms with Crippen LogP contribution in [-0.2, 0) is 18.9 Å². The van der Waals surface area contributed by atoms with Crippen molar-refractivity contribution < 1.29 is 77.5 Å². The predicted molar refractivity (Wildman–Crippen MR) is 178 cm³/mol. The van der Waals surface area contributed by atoms with Crippen LogP contribution in [0.15, 0.2) is 72.8 Å². The molecule has 0 aliphatic heterocycles. The van der Waals surface area contributed by atoms with Crippen molar-refractivity contribution in [2.75, 3.05) is 41.7 Å². The highest BCUT2D eigenvalue weighted by Gasteiger charge is 2.34. The lowest BCUT2D eigenvalue weighted by atomic mass is 10.1. The van der Waals surface area contributed by atoms with Crippen LogP contribution >= 0.6 is 0 Å². The van der Waals surface area contributed by atoms with Crippen molar-refractivity contribution in [1.82, 2.24) is 0 Å². The molecule has 4 rings (SSSR count). The molecule has 2 atom stereocenters. The number of carbonyl (C=O) groups is 4. The first-order chi connectivity index (χ1) is 24.9. The maximum Gasteiger partial charge on any atom is 0.338 e. The van der Waals surface area contributed by atoms with Crippen molar-refractivity contribution >= 4 is 23.9 Å². The van der Waals surface area contributed by atoms with Crippen molar-refractivity contribution in [2.24, 2.45) is 0 Å². The molecule has 0 bridgehead atoms. The lowest BCUT2D eigenvalue weighted by Crippen LogP contribution is -2.42. The van der Waals surface area contributed by atoms with Gasteiger partial charge in [0.25, 0.3) is 0 Å². The third kappa shape index (κ3) is 9.23. The van der Waals surface area contributed by atoms with Crippen LogP contribution in [0.5, 0.6) is 46.0 Å². The van der Waals surface area contributed by atoms with Crippen LogP contribution in [0.1, 0.15) is 41.4 Å². The van der Waals surface area contributed by atoms with Gasteiger partial charge in [0.2, 0.25) is 0 Å². The van der Waals surface area contributed by atoms with Gasteiger partial charge in [0, 0.05) is 0 Å². The largest absolute Gasteiger partial charge is 0.504 e. The summed E-state index contributed by atoms with van der Waals surface area (Å²) >= 11 is 0. The molecule has 16 nitrogen and oxygen atoms in total. The molecule has 0 radical (unpaired) electrons. The Morgan fingerprint density at radius 2 is 0.692 bits per heavy atom. The first-order valence-electron chi connectivity index (χ1n) is 15.1. The predicted octanol–water partition coefficient (Wildman–Crippen LogP) is 4.01. The number of hydrogen-bond donors (Lipinski definition) is 4. The van der Waals surface area contributed by atoms with Crippen LogP contribution in [0.2, 0.25) is 0 Å². The Bertz CT molecular complexity index is 1800. The third-order valence-electron chi connectivity index (χ3n) is 7.35. The van der Waals surface area contributed by atoms with Crippen LogP contribution in [0, 0.1) is 0 Å². The summed E-state index contributed by atoms with van der Waals surface area (Å²) in [5.41, 5.74) is -0.635. The average Bonchev–Trinajstić information content (AvgIpc) is 3.14. The van der Waals surface area contributed by atoms with E-state index >= 15 is 0 Å². The summed E-state index contributed by atoms with van der Waals surface area (Å²) in [5.74, 6) is -5.47. The fraction of sp³-hybridized carbons (Fsp3) is 0.222. The van der Waals surface area contributed by atoms with E-state index in [2.05, 4.69) is 0 Å². The minimum absolute atomic E-state index is 0.0517. The fourth-order valence-corrected chi connectivity index (χ4v) is 4.60. The first-order valence-corrected chi connectivity index (χ1v) is 15.1. The van der Waals surface area contributed by atoms with Gasteiger partial charge in [-0.1, -0.05) is 0 Å². The number of hydrogen-bond acceptors (Lipinski definition) is 16. The van der Waals surface area contributed by atoms with Gasteiger partial charge in [0.05, 0.1) is 50.7 Å². The summed E-state index contributed by atoms with van der Waals surface area (Å²) in [5, 5.41) is 40.8. The topological polar surface area (TPSA) is 223 Å². The summed E-state index contributed by atoms with van der Waals surface area (Å²) < 4.78 is 42.0. The number of carbonyl (C=O) groups excluding carboxylic acids is 4. The van der Waals surface area contributed by atoms with Gasteiger partial charge in [-0.2, -0.15) is 0 Å². The molecule has 0 spiro atoms. The van der Waals surface area contributed by atoms with E-state index in [0.717, 1.165) is 24.3 Å². The molecule has 0 amide bonds. The lowest BCUT2D eigenvalue weighted by Gasteiger charge is -2.27. The number of methoxy groups -OCH3 is 4.